The number of H-pyrrole nitrogens is 1. The zero-order chi connectivity index (χ0) is 16.4. The Kier molecular flexibility index (Phi) is 4.06. The number of hydrogen-bond acceptors (Lipinski definition) is 4. The minimum Gasteiger partial charge on any atom is -0.329 e. The SMILES string of the molecule is C=C(C)C(=O)N1CCCC1c1nc(-c2ccncc2)cc(=O)[nH]1. The molecule has 0 aliphatic carbocycles. The fourth-order valence-corrected chi connectivity index (χ4v) is 2.84. The Labute approximate surface area is 133 Å². The lowest BCUT2D eigenvalue weighted by molar-refractivity contribution is -0.128. The highest BCUT2D eigenvalue weighted by Gasteiger charge is 2.32. The van der Waals surface area contributed by atoms with Crippen LogP contribution in [0.1, 0.15) is 31.6 Å². The third kappa shape index (κ3) is 3.06. The van der Waals surface area contributed by atoms with Gasteiger partial charge in [-0.15, -0.1) is 0 Å². The van der Waals surface area contributed by atoms with Crippen molar-refractivity contribution in [3.63, 3.8) is 0 Å². The normalized spacial score (nSPS) is 17.3. The number of nitrogens with zero attached hydrogens (tertiary/aromatic N) is 3. The van der Waals surface area contributed by atoms with Crippen LogP contribution in [0.2, 0.25) is 0 Å². The van der Waals surface area contributed by atoms with E-state index in [4.69, 9.17) is 0 Å². The molecule has 23 heavy (non-hydrogen) atoms. The number of aromatic nitrogens is 3. The molecule has 1 saturated heterocycles. The molecule has 6 heteroatoms. The second-order valence-corrected chi connectivity index (χ2v) is 5.69. The summed E-state index contributed by atoms with van der Waals surface area (Å²) in [6, 6.07) is 4.85. The highest BCUT2D eigenvalue weighted by Crippen LogP contribution is 2.31. The van der Waals surface area contributed by atoms with Gasteiger partial charge in [-0.3, -0.25) is 14.6 Å². The molecule has 1 amide bonds. The van der Waals surface area contributed by atoms with Crippen LogP contribution >= 0.6 is 0 Å². The van der Waals surface area contributed by atoms with Crippen LogP contribution < -0.4 is 5.56 Å². The van der Waals surface area contributed by atoms with E-state index in [-0.39, 0.29) is 17.5 Å². The predicted molar refractivity (Wildman–Crippen MR) is 86.6 cm³/mol. The molecule has 1 fully saturated rings. The summed E-state index contributed by atoms with van der Waals surface area (Å²) < 4.78 is 0. The zero-order valence-corrected chi connectivity index (χ0v) is 13.0. The van der Waals surface area contributed by atoms with Crippen LogP contribution in [0.15, 0.2) is 47.5 Å². The molecule has 1 N–H and O–H groups in total. The summed E-state index contributed by atoms with van der Waals surface area (Å²) >= 11 is 0. The van der Waals surface area contributed by atoms with Crippen LogP contribution in [0.3, 0.4) is 0 Å². The third-order valence-electron chi connectivity index (χ3n) is 3.93. The van der Waals surface area contributed by atoms with E-state index >= 15 is 0 Å². The first-order valence-electron chi connectivity index (χ1n) is 7.54. The van der Waals surface area contributed by atoms with Gasteiger partial charge < -0.3 is 9.88 Å². The Hall–Kier alpha value is -2.76. The number of aromatic amines is 1. The molecule has 0 spiro atoms. The molecule has 1 unspecified atom stereocenters. The second-order valence-electron chi connectivity index (χ2n) is 5.69. The van der Waals surface area contributed by atoms with E-state index in [1.165, 1.54) is 6.07 Å². The lowest BCUT2D eigenvalue weighted by Gasteiger charge is -2.24. The predicted octanol–water partition coefficient (Wildman–Crippen LogP) is 2.07. The van der Waals surface area contributed by atoms with Gasteiger partial charge in [0.15, 0.2) is 0 Å². The minimum atomic E-state index is -0.226. The van der Waals surface area contributed by atoms with E-state index in [0.29, 0.717) is 23.6 Å². The molecule has 1 aliphatic rings. The summed E-state index contributed by atoms with van der Waals surface area (Å²) in [7, 11) is 0. The summed E-state index contributed by atoms with van der Waals surface area (Å²) in [6.07, 6.45) is 4.98. The first kappa shape index (κ1) is 15.1. The van der Waals surface area contributed by atoms with E-state index in [9.17, 15) is 9.59 Å². The van der Waals surface area contributed by atoms with Crippen molar-refractivity contribution in [1.29, 1.82) is 0 Å². The smallest absolute Gasteiger partial charge is 0.251 e. The Morgan fingerprint density at radius 2 is 2.13 bits per heavy atom. The Balaban J connectivity index is 2.00. The average molecular weight is 310 g/mol. The molecular formula is C17H18N4O2. The van der Waals surface area contributed by atoms with Crippen molar-refractivity contribution in [2.75, 3.05) is 6.54 Å². The summed E-state index contributed by atoms with van der Waals surface area (Å²) in [4.78, 5) is 37.3. The molecule has 0 saturated carbocycles. The van der Waals surface area contributed by atoms with E-state index < -0.39 is 0 Å². The zero-order valence-electron chi connectivity index (χ0n) is 13.0. The summed E-state index contributed by atoms with van der Waals surface area (Å²) in [5.74, 6) is 0.431. The molecule has 6 nitrogen and oxygen atoms in total. The van der Waals surface area contributed by atoms with Gasteiger partial charge in [0.1, 0.15) is 5.82 Å². The van der Waals surface area contributed by atoms with Crippen LogP contribution in [0.5, 0.6) is 0 Å². The van der Waals surface area contributed by atoms with E-state index in [2.05, 4.69) is 21.5 Å². The Morgan fingerprint density at radius 3 is 2.83 bits per heavy atom. The van der Waals surface area contributed by atoms with Crippen molar-refractivity contribution >= 4 is 5.91 Å². The Morgan fingerprint density at radius 1 is 1.39 bits per heavy atom. The van der Waals surface area contributed by atoms with Crippen molar-refractivity contribution in [3.05, 3.63) is 58.9 Å². The second kappa shape index (κ2) is 6.16. The molecule has 2 aromatic rings. The number of nitrogens with one attached hydrogen (secondary N) is 1. The molecule has 0 bridgehead atoms. The van der Waals surface area contributed by atoms with Crippen molar-refractivity contribution < 1.29 is 4.79 Å². The van der Waals surface area contributed by atoms with Crippen molar-refractivity contribution in [3.8, 4) is 11.3 Å². The van der Waals surface area contributed by atoms with E-state index in [0.717, 1.165) is 18.4 Å². The number of hydrogen-bond donors (Lipinski definition) is 1. The van der Waals surface area contributed by atoms with Gasteiger partial charge in [-0.2, -0.15) is 0 Å². The fourth-order valence-electron chi connectivity index (χ4n) is 2.84. The standard InChI is InChI=1S/C17H18N4O2/c1-11(2)17(23)21-9-3-4-14(21)16-19-13(10-15(22)20-16)12-5-7-18-8-6-12/h5-8,10,14H,1,3-4,9H2,2H3,(H,19,20,22). The highest BCUT2D eigenvalue weighted by molar-refractivity contribution is 5.92. The molecule has 3 heterocycles. The maximum Gasteiger partial charge on any atom is 0.251 e. The summed E-state index contributed by atoms with van der Waals surface area (Å²) in [5.41, 5.74) is 1.67. The maximum atomic E-state index is 12.3. The molecule has 0 radical (unpaired) electrons. The third-order valence-corrected chi connectivity index (χ3v) is 3.93. The van der Waals surface area contributed by atoms with Gasteiger partial charge in [0, 0.05) is 36.1 Å². The first-order valence-corrected chi connectivity index (χ1v) is 7.54. The molecular weight excluding hydrogens is 292 g/mol. The highest BCUT2D eigenvalue weighted by atomic mass is 16.2. The molecule has 118 valence electrons. The van der Waals surface area contributed by atoms with Crippen LogP contribution in [0.4, 0.5) is 0 Å². The average Bonchev–Trinajstić information content (AvgIpc) is 3.03. The number of pyridine rings is 1. The van der Waals surface area contributed by atoms with Crippen LogP contribution in [-0.2, 0) is 4.79 Å². The van der Waals surface area contributed by atoms with Crippen molar-refractivity contribution in [2.45, 2.75) is 25.8 Å². The van der Waals surface area contributed by atoms with E-state index in [1.807, 2.05) is 0 Å². The fraction of sp³-hybridized carbons (Fsp3) is 0.294. The van der Waals surface area contributed by atoms with Gasteiger partial charge in [0.05, 0.1) is 11.7 Å². The minimum absolute atomic E-state index is 0.0931. The number of amides is 1. The van der Waals surface area contributed by atoms with Gasteiger partial charge in [0.2, 0.25) is 5.91 Å². The van der Waals surface area contributed by atoms with Crippen LogP contribution in [0.25, 0.3) is 11.3 Å². The number of likely N-dealkylation sites (tertiary alicyclic amines) is 1. The maximum absolute atomic E-state index is 12.3. The van der Waals surface area contributed by atoms with Gasteiger partial charge in [-0.05, 0) is 31.9 Å². The van der Waals surface area contributed by atoms with Gasteiger partial charge in [-0.1, -0.05) is 6.58 Å². The van der Waals surface area contributed by atoms with Gasteiger partial charge in [0.25, 0.3) is 5.56 Å². The van der Waals surface area contributed by atoms with Crippen molar-refractivity contribution in [1.82, 2.24) is 19.9 Å². The topological polar surface area (TPSA) is 79.0 Å². The molecule has 2 aromatic heterocycles. The summed E-state index contributed by atoms with van der Waals surface area (Å²) in [6.45, 7) is 6.07. The first-order chi connectivity index (χ1) is 11.1. The Bertz CT molecular complexity index is 798. The largest absolute Gasteiger partial charge is 0.329 e. The van der Waals surface area contributed by atoms with Crippen molar-refractivity contribution in [2.24, 2.45) is 0 Å². The molecule has 1 atom stereocenters. The van der Waals surface area contributed by atoms with Crippen LogP contribution in [0, 0.1) is 0 Å². The summed E-state index contributed by atoms with van der Waals surface area (Å²) in [5, 5.41) is 0. The monoisotopic (exact) mass is 310 g/mol. The van der Waals surface area contributed by atoms with E-state index in [1.54, 1.807) is 36.4 Å². The quantitative estimate of drug-likeness (QED) is 0.880. The number of rotatable bonds is 3. The lowest BCUT2D eigenvalue weighted by atomic mass is 10.1. The van der Waals surface area contributed by atoms with Gasteiger partial charge >= 0.3 is 0 Å². The molecule has 0 aromatic carbocycles. The molecule has 1 aliphatic heterocycles. The lowest BCUT2D eigenvalue weighted by Crippen LogP contribution is -2.32. The number of carbonyl (C=O) groups is 1. The number of carbonyl (C=O) groups excluding carboxylic acids is 1. The molecule has 3 rings (SSSR count). The van der Waals surface area contributed by atoms with Crippen LogP contribution in [-0.4, -0.2) is 32.3 Å². The van der Waals surface area contributed by atoms with Gasteiger partial charge in [-0.25, -0.2) is 4.98 Å².